The molecule has 1 N–H and O–H groups in total. The van der Waals surface area contributed by atoms with Gasteiger partial charge >= 0.3 is 5.76 Å². The van der Waals surface area contributed by atoms with E-state index >= 15 is 0 Å². The van der Waals surface area contributed by atoms with Gasteiger partial charge in [-0.3, -0.25) is 14.3 Å². The van der Waals surface area contributed by atoms with E-state index in [-0.39, 0.29) is 18.9 Å². The fourth-order valence-electron chi connectivity index (χ4n) is 3.88. The number of fused-ring (bicyclic) bond motifs is 1. The van der Waals surface area contributed by atoms with Crippen LogP contribution in [0.4, 0.5) is 5.69 Å². The van der Waals surface area contributed by atoms with Gasteiger partial charge in [0.15, 0.2) is 5.58 Å². The van der Waals surface area contributed by atoms with Crippen molar-refractivity contribution in [1.82, 2.24) is 14.4 Å². The highest BCUT2D eigenvalue weighted by Gasteiger charge is 2.15. The predicted octanol–water partition coefficient (Wildman–Crippen LogP) is 2.76. The Bertz CT molecular complexity index is 1050. The highest BCUT2D eigenvalue weighted by molar-refractivity contribution is 5.90. The lowest BCUT2D eigenvalue weighted by atomic mass is 10.1. The Kier molecular flexibility index (Phi) is 6.30. The Hall–Kier alpha value is -2.90. The number of aryl methyl sites for hydroxylation is 1. The molecule has 3 aromatic rings. The summed E-state index contributed by atoms with van der Waals surface area (Å²) in [7, 11) is 0. The molecule has 0 saturated carbocycles. The SMILES string of the molecule is CCN1CCN(Cc2ccc(NC(=O)CCn3c(=O)oc4ccccc43)cc2)CC1. The third kappa shape index (κ3) is 4.80. The highest BCUT2D eigenvalue weighted by atomic mass is 16.4. The van der Waals surface area contributed by atoms with Crippen molar-refractivity contribution in [3.63, 3.8) is 0 Å². The van der Waals surface area contributed by atoms with Crippen molar-refractivity contribution < 1.29 is 9.21 Å². The first-order chi connectivity index (χ1) is 14.6. The molecular weight excluding hydrogens is 380 g/mol. The van der Waals surface area contributed by atoms with E-state index in [1.807, 2.05) is 30.3 Å². The van der Waals surface area contributed by atoms with Crippen molar-refractivity contribution in [3.05, 3.63) is 64.6 Å². The van der Waals surface area contributed by atoms with Crippen LogP contribution >= 0.6 is 0 Å². The molecule has 7 heteroatoms. The van der Waals surface area contributed by atoms with Gasteiger partial charge in [-0.1, -0.05) is 31.2 Å². The summed E-state index contributed by atoms with van der Waals surface area (Å²) in [6, 6.07) is 15.2. The largest absolute Gasteiger partial charge is 0.419 e. The number of likely N-dealkylation sites (N-methyl/N-ethyl adjacent to an activating group) is 1. The molecule has 30 heavy (non-hydrogen) atoms. The molecule has 1 aliphatic heterocycles. The van der Waals surface area contributed by atoms with E-state index in [0.717, 1.165) is 45.0 Å². The maximum absolute atomic E-state index is 12.3. The minimum atomic E-state index is -0.437. The summed E-state index contributed by atoms with van der Waals surface area (Å²) in [4.78, 5) is 29.3. The first-order valence-electron chi connectivity index (χ1n) is 10.5. The number of anilines is 1. The average molecular weight is 409 g/mol. The lowest BCUT2D eigenvalue weighted by Crippen LogP contribution is -2.45. The van der Waals surface area contributed by atoms with Crippen LogP contribution < -0.4 is 11.1 Å². The molecule has 2 aromatic carbocycles. The molecule has 7 nitrogen and oxygen atoms in total. The van der Waals surface area contributed by atoms with Crippen LogP contribution in [-0.4, -0.2) is 53.0 Å². The molecule has 158 valence electrons. The molecule has 1 aliphatic rings. The Labute approximate surface area is 175 Å². The number of carbonyl (C=O) groups excluding carboxylic acids is 1. The topological polar surface area (TPSA) is 70.7 Å². The smallest absolute Gasteiger partial charge is 0.408 e. The second kappa shape index (κ2) is 9.28. The van der Waals surface area contributed by atoms with Crippen LogP contribution in [0.5, 0.6) is 0 Å². The Morgan fingerprint density at radius 1 is 1.00 bits per heavy atom. The van der Waals surface area contributed by atoms with E-state index in [4.69, 9.17) is 4.42 Å². The second-order valence-corrected chi connectivity index (χ2v) is 7.69. The van der Waals surface area contributed by atoms with Crippen LogP contribution in [0.25, 0.3) is 11.1 Å². The summed E-state index contributed by atoms with van der Waals surface area (Å²) in [5, 5.41) is 2.91. The number of nitrogens with one attached hydrogen (secondary N) is 1. The van der Waals surface area contributed by atoms with Crippen molar-refractivity contribution in [2.24, 2.45) is 0 Å². The van der Waals surface area contributed by atoms with Crippen LogP contribution in [0.2, 0.25) is 0 Å². The number of para-hydroxylation sites is 2. The van der Waals surface area contributed by atoms with Gasteiger partial charge in [0.2, 0.25) is 5.91 Å². The van der Waals surface area contributed by atoms with E-state index in [1.165, 1.54) is 10.1 Å². The monoisotopic (exact) mass is 408 g/mol. The van der Waals surface area contributed by atoms with E-state index in [1.54, 1.807) is 6.07 Å². The van der Waals surface area contributed by atoms with Crippen LogP contribution in [0.3, 0.4) is 0 Å². The third-order valence-corrected chi connectivity index (χ3v) is 5.69. The van der Waals surface area contributed by atoms with Gasteiger partial charge in [-0.05, 0) is 36.4 Å². The number of amides is 1. The minimum absolute atomic E-state index is 0.129. The molecule has 0 atom stereocenters. The molecule has 0 unspecified atom stereocenters. The molecule has 2 heterocycles. The van der Waals surface area contributed by atoms with Gasteiger partial charge in [0.1, 0.15) is 0 Å². The fraction of sp³-hybridized carbons (Fsp3) is 0.391. The highest BCUT2D eigenvalue weighted by Crippen LogP contribution is 2.15. The number of nitrogens with zero attached hydrogens (tertiary/aromatic N) is 3. The quantitative estimate of drug-likeness (QED) is 0.651. The molecular formula is C23H28N4O3. The van der Waals surface area contributed by atoms with Gasteiger partial charge in [-0.2, -0.15) is 0 Å². The number of hydrogen-bond acceptors (Lipinski definition) is 5. The van der Waals surface area contributed by atoms with Gasteiger partial charge in [0.05, 0.1) is 5.52 Å². The molecule has 1 amide bonds. The zero-order valence-electron chi connectivity index (χ0n) is 17.3. The van der Waals surface area contributed by atoms with Crippen molar-refractivity contribution in [3.8, 4) is 0 Å². The molecule has 0 spiro atoms. The summed E-state index contributed by atoms with van der Waals surface area (Å²) in [5.74, 6) is -0.566. The molecule has 1 aromatic heterocycles. The van der Waals surface area contributed by atoms with Gasteiger partial charge in [-0.15, -0.1) is 0 Å². The zero-order chi connectivity index (χ0) is 20.9. The van der Waals surface area contributed by atoms with E-state index in [0.29, 0.717) is 11.1 Å². The number of piperazine rings is 1. The minimum Gasteiger partial charge on any atom is -0.408 e. The van der Waals surface area contributed by atoms with Crippen LogP contribution in [0.15, 0.2) is 57.7 Å². The third-order valence-electron chi connectivity index (χ3n) is 5.69. The molecule has 1 fully saturated rings. The second-order valence-electron chi connectivity index (χ2n) is 7.69. The van der Waals surface area contributed by atoms with Crippen LogP contribution in [0, 0.1) is 0 Å². The standard InChI is InChI=1S/C23H28N4O3/c1-2-25-13-15-26(16-14-25)17-18-7-9-19(10-8-18)24-22(28)11-12-27-20-5-3-4-6-21(20)30-23(27)29/h3-10H,2,11-17H2,1H3,(H,24,28). The van der Waals surface area contributed by atoms with E-state index in [9.17, 15) is 9.59 Å². The Morgan fingerprint density at radius 2 is 1.70 bits per heavy atom. The van der Waals surface area contributed by atoms with Gasteiger partial charge in [-0.25, -0.2) is 4.79 Å². The summed E-state index contributed by atoms with van der Waals surface area (Å²) >= 11 is 0. The van der Waals surface area contributed by atoms with E-state index < -0.39 is 5.76 Å². The number of aromatic nitrogens is 1. The van der Waals surface area contributed by atoms with Crippen molar-refractivity contribution in [1.29, 1.82) is 0 Å². The average Bonchev–Trinajstić information content (AvgIpc) is 3.09. The number of benzene rings is 2. The molecule has 4 rings (SSSR count). The summed E-state index contributed by atoms with van der Waals surface area (Å²) in [6.45, 7) is 8.97. The molecule has 0 radical (unpaired) electrons. The summed E-state index contributed by atoms with van der Waals surface area (Å²) in [5.41, 5.74) is 3.26. The van der Waals surface area contributed by atoms with Crippen molar-refractivity contribution >= 4 is 22.7 Å². The normalized spacial score (nSPS) is 15.5. The van der Waals surface area contributed by atoms with E-state index in [2.05, 4.69) is 34.2 Å². The Balaban J connectivity index is 1.28. The molecule has 0 bridgehead atoms. The lowest BCUT2D eigenvalue weighted by Gasteiger charge is -2.34. The van der Waals surface area contributed by atoms with Crippen LogP contribution in [0.1, 0.15) is 18.9 Å². The van der Waals surface area contributed by atoms with Crippen molar-refractivity contribution in [2.45, 2.75) is 26.4 Å². The first-order valence-corrected chi connectivity index (χ1v) is 10.5. The van der Waals surface area contributed by atoms with Crippen LogP contribution in [-0.2, 0) is 17.9 Å². The first kappa shape index (κ1) is 20.4. The number of carbonyl (C=O) groups is 1. The summed E-state index contributed by atoms with van der Waals surface area (Å²) < 4.78 is 6.70. The Morgan fingerprint density at radius 3 is 2.43 bits per heavy atom. The van der Waals surface area contributed by atoms with Gasteiger partial charge in [0, 0.05) is 51.4 Å². The molecule has 0 aliphatic carbocycles. The maximum Gasteiger partial charge on any atom is 0.419 e. The zero-order valence-corrected chi connectivity index (χ0v) is 17.3. The van der Waals surface area contributed by atoms with Gasteiger partial charge in [0.25, 0.3) is 0 Å². The van der Waals surface area contributed by atoms with Crippen molar-refractivity contribution in [2.75, 3.05) is 38.0 Å². The number of hydrogen-bond donors (Lipinski definition) is 1. The lowest BCUT2D eigenvalue weighted by molar-refractivity contribution is -0.116. The number of oxazole rings is 1. The maximum atomic E-state index is 12.3. The fourth-order valence-corrected chi connectivity index (χ4v) is 3.88. The summed E-state index contributed by atoms with van der Waals surface area (Å²) in [6.07, 6.45) is 0.201. The molecule has 1 saturated heterocycles. The predicted molar refractivity (Wildman–Crippen MR) is 118 cm³/mol. The number of rotatable bonds is 7. The van der Waals surface area contributed by atoms with Gasteiger partial charge < -0.3 is 14.6 Å².